The summed E-state index contributed by atoms with van der Waals surface area (Å²) in [5, 5.41) is 19.6. The van der Waals surface area contributed by atoms with Crippen molar-refractivity contribution in [3.05, 3.63) is 29.0 Å². The summed E-state index contributed by atoms with van der Waals surface area (Å²) in [5.74, 6) is -1.99. The first-order valence-corrected chi connectivity index (χ1v) is 4.68. The van der Waals surface area contributed by atoms with E-state index in [9.17, 15) is 9.59 Å². The highest BCUT2D eigenvalue weighted by Gasteiger charge is 2.20. The van der Waals surface area contributed by atoms with Crippen LogP contribution in [0, 0.1) is 0 Å². The number of carboxylic acid groups (broad SMARTS) is 1. The zero-order chi connectivity index (χ0) is 12.1. The normalized spacial score (nSPS) is 11.9. The van der Waals surface area contributed by atoms with Crippen LogP contribution in [0.3, 0.4) is 0 Å². The van der Waals surface area contributed by atoms with Crippen LogP contribution in [0.2, 0.25) is 5.02 Å². The van der Waals surface area contributed by atoms with E-state index in [4.69, 9.17) is 21.8 Å². The molecule has 0 radical (unpaired) electrons. The van der Waals surface area contributed by atoms with Crippen LogP contribution in [0.15, 0.2) is 18.5 Å². The van der Waals surface area contributed by atoms with E-state index in [0.717, 1.165) is 0 Å². The van der Waals surface area contributed by atoms with Crippen LogP contribution in [0.5, 0.6) is 0 Å². The van der Waals surface area contributed by atoms with Gasteiger partial charge in [0.05, 0.1) is 17.2 Å². The molecule has 1 aromatic heterocycles. The summed E-state index contributed by atoms with van der Waals surface area (Å²) >= 11 is 5.69. The van der Waals surface area contributed by atoms with E-state index < -0.39 is 24.5 Å². The summed E-state index contributed by atoms with van der Waals surface area (Å²) in [4.78, 5) is 25.8. The maximum Gasteiger partial charge on any atom is 0.328 e. The van der Waals surface area contributed by atoms with Gasteiger partial charge in [0.1, 0.15) is 0 Å². The number of rotatable bonds is 4. The van der Waals surface area contributed by atoms with Gasteiger partial charge in [0.15, 0.2) is 6.04 Å². The molecule has 6 nitrogen and oxygen atoms in total. The van der Waals surface area contributed by atoms with E-state index in [1.807, 2.05) is 0 Å². The summed E-state index contributed by atoms with van der Waals surface area (Å²) in [5.41, 5.74) is 0.108. The second kappa shape index (κ2) is 5.43. The maximum absolute atomic E-state index is 11.5. The van der Waals surface area contributed by atoms with E-state index in [1.54, 1.807) is 0 Å². The Morgan fingerprint density at radius 1 is 1.56 bits per heavy atom. The van der Waals surface area contributed by atoms with Crippen molar-refractivity contribution in [3.63, 3.8) is 0 Å². The molecule has 0 aliphatic rings. The maximum atomic E-state index is 11.5. The van der Waals surface area contributed by atoms with Gasteiger partial charge in [-0.1, -0.05) is 11.6 Å². The number of halogens is 1. The zero-order valence-corrected chi connectivity index (χ0v) is 8.81. The molecule has 0 aliphatic carbocycles. The molecule has 0 bridgehead atoms. The molecule has 3 N–H and O–H groups in total. The summed E-state index contributed by atoms with van der Waals surface area (Å²) in [6.07, 6.45) is 2.63. The van der Waals surface area contributed by atoms with Gasteiger partial charge in [-0.15, -0.1) is 0 Å². The van der Waals surface area contributed by atoms with Crippen molar-refractivity contribution in [2.45, 2.75) is 6.04 Å². The van der Waals surface area contributed by atoms with Gasteiger partial charge in [-0.25, -0.2) is 4.79 Å². The second-order valence-electron chi connectivity index (χ2n) is 2.90. The number of nitrogens with one attached hydrogen (secondary N) is 1. The lowest BCUT2D eigenvalue weighted by Crippen LogP contribution is -2.43. The first-order chi connectivity index (χ1) is 7.56. The Kier molecular flexibility index (Phi) is 4.21. The molecule has 1 rings (SSSR count). The smallest absolute Gasteiger partial charge is 0.328 e. The van der Waals surface area contributed by atoms with Crippen molar-refractivity contribution in [3.8, 4) is 0 Å². The van der Waals surface area contributed by atoms with E-state index in [0.29, 0.717) is 0 Å². The molecular weight excluding hydrogens is 236 g/mol. The molecule has 1 atom stereocenters. The van der Waals surface area contributed by atoms with Crippen LogP contribution in [-0.4, -0.2) is 39.7 Å². The van der Waals surface area contributed by atoms with Crippen molar-refractivity contribution >= 4 is 23.5 Å². The summed E-state index contributed by atoms with van der Waals surface area (Å²) in [6.45, 7) is -0.691. The third-order valence-electron chi connectivity index (χ3n) is 1.80. The predicted octanol–water partition coefficient (Wildman–Crippen LogP) is -0.0897. The Balaban J connectivity index is 2.80. The van der Waals surface area contributed by atoms with Gasteiger partial charge in [-0.05, 0) is 6.07 Å². The predicted molar refractivity (Wildman–Crippen MR) is 55.2 cm³/mol. The average molecular weight is 245 g/mol. The third-order valence-corrected chi connectivity index (χ3v) is 2.10. The molecule has 0 spiro atoms. The van der Waals surface area contributed by atoms with Crippen molar-refractivity contribution in [1.82, 2.24) is 10.3 Å². The molecule has 1 aromatic rings. The van der Waals surface area contributed by atoms with Crippen LogP contribution in [0.1, 0.15) is 10.4 Å². The van der Waals surface area contributed by atoms with Crippen LogP contribution >= 0.6 is 11.6 Å². The number of amides is 1. The number of hydrogen-bond donors (Lipinski definition) is 3. The molecule has 16 heavy (non-hydrogen) atoms. The molecule has 1 amide bonds. The molecule has 1 heterocycles. The number of nitrogens with zero attached hydrogens (tertiary/aromatic N) is 1. The fourth-order valence-corrected chi connectivity index (χ4v) is 1.19. The average Bonchev–Trinajstić information content (AvgIpc) is 2.25. The number of pyridine rings is 1. The van der Waals surface area contributed by atoms with E-state index in [2.05, 4.69) is 10.3 Å². The summed E-state index contributed by atoms with van der Waals surface area (Å²) < 4.78 is 0. The molecule has 0 aliphatic heterocycles. The van der Waals surface area contributed by atoms with Crippen LogP contribution in [0.25, 0.3) is 0 Å². The second-order valence-corrected chi connectivity index (χ2v) is 3.31. The number of hydrogen-bond acceptors (Lipinski definition) is 4. The molecule has 0 fully saturated rings. The van der Waals surface area contributed by atoms with Gasteiger partial charge in [0.25, 0.3) is 5.91 Å². The number of aromatic nitrogens is 1. The van der Waals surface area contributed by atoms with Crippen LogP contribution in [-0.2, 0) is 4.79 Å². The van der Waals surface area contributed by atoms with Gasteiger partial charge in [-0.2, -0.15) is 0 Å². The standard InChI is InChI=1S/C9H9ClN2O4/c10-6-3-11-2-1-5(6)8(14)12-7(4-13)9(15)16/h1-3,7,13H,4H2,(H,12,14)(H,15,16)/t7-/m0/s1. The lowest BCUT2D eigenvalue weighted by atomic mass is 10.2. The number of aliphatic carboxylic acids is 1. The Bertz CT molecular complexity index is 410. The van der Waals surface area contributed by atoms with Gasteiger partial charge in [0, 0.05) is 12.4 Å². The minimum absolute atomic E-state index is 0.108. The first kappa shape index (κ1) is 12.4. The Morgan fingerprint density at radius 3 is 2.75 bits per heavy atom. The molecule has 0 aromatic carbocycles. The van der Waals surface area contributed by atoms with Gasteiger partial charge in [-0.3, -0.25) is 9.78 Å². The van der Waals surface area contributed by atoms with Gasteiger partial charge in [0.2, 0.25) is 0 Å². The van der Waals surface area contributed by atoms with Gasteiger partial charge >= 0.3 is 5.97 Å². The van der Waals surface area contributed by atoms with Crippen molar-refractivity contribution < 1.29 is 19.8 Å². The van der Waals surface area contributed by atoms with E-state index in [-0.39, 0.29) is 10.6 Å². The lowest BCUT2D eigenvalue weighted by molar-refractivity contribution is -0.140. The Labute approximate surface area is 95.9 Å². The highest BCUT2D eigenvalue weighted by molar-refractivity contribution is 6.33. The molecule has 0 saturated heterocycles. The van der Waals surface area contributed by atoms with E-state index in [1.165, 1.54) is 18.5 Å². The highest BCUT2D eigenvalue weighted by atomic mass is 35.5. The SMILES string of the molecule is O=C(N[C@@H](CO)C(=O)O)c1ccncc1Cl. The Morgan fingerprint density at radius 2 is 2.25 bits per heavy atom. The Hall–Kier alpha value is -1.66. The minimum atomic E-state index is -1.35. The molecule has 0 saturated carbocycles. The monoisotopic (exact) mass is 244 g/mol. The fourth-order valence-electron chi connectivity index (χ4n) is 0.981. The largest absolute Gasteiger partial charge is 0.480 e. The van der Waals surface area contributed by atoms with Crippen molar-refractivity contribution in [2.75, 3.05) is 6.61 Å². The van der Waals surface area contributed by atoms with Crippen molar-refractivity contribution in [1.29, 1.82) is 0 Å². The third kappa shape index (κ3) is 2.91. The molecule has 7 heteroatoms. The number of carbonyl (C=O) groups excluding carboxylic acids is 1. The molecule has 0 unspecified atom stereocenters. The minimum Gasteiger partial charge on any atom is -0.480 e. The quantitative estimate of drug-likeness (QED) is 0.687. The number of carbonyl (C=O) groups is 2. The fraction of sp³-hybridized carbons (Fsp3) is 0.222. The van der Waals surface area contributed by atoms with Crippen LogP contribution in [0.4, 0.5) is 0 Å². The van der Waals surface area contributed by atoms with Crippen molar-refractivity contribution in [2.24, 2.45) is 0 Å². The van der Waals surface area contributed by atoms with E-state index >= 15 is 0 Å². The van der Waals surface area contributed by atoms with Crippen LogP contribution < -0.4 is 5.32 Å². The zero-order valence-electron chi connectivity index (χ0n) is 8.05. The molecule has 86 valence electrons. The summed E-state index contributed by atoms with van der Waals surface area (Å²) in [7, 11) is 0. The highest BCUT2D eigenvalue weighted by Crippen LogP contribution is 2.12. The molecular formula is C9H9ClN2O4. The lowest BCUT2D eigenvalue weighted by Gasteiger charge is -2.11. The topological polar surface area (TPSA) is 99.5 Å². The first-order valence-electron chi connectivity index (χ1n) is 4.30. The van der Waals surface area contributed by atoms with Gasteiger partial charge < -0.3 is 15.5 Å². The number of aliphatic hydroxyl groups excluding tert-OH is 1. The summed E-state index contributed by atoms with van der Waals surface area (Å²) in [6, 6.07) is 0.00486. The number of aliphatic hydroxyl groups is 1. The number of carboxylic acids is 1.